The number of urea groups is 1. The second kappa shape index (κ2) is 8.88. The van der Waals surface area contributed by atoms with E-state index in [1.165, 1.54) is 0 Å². The topological polar surface area (TPSA) is 92.4 Å². The third-order valence-electron chi connectivity index (χ3n) is 3.00. The number of hydrogen-bond donors (Lipinski definition) is 3. The van der Waals surface area contributed by atoms with Crippen molar-refractivity contribution < 1.29 is 14.3 Å². The molecule has 7 nitrogen and oxygen atoms in total. The number of benzene rings is 1. The lowest BCUT2D eigenvalue weighted by Gasteiger charge is -2.08. The van der Waals surface area contributed by atoms with E-state index in [1.54, 1.807) is 42.5 Å². The summed E-state index contributed by atoms with van der Waals surface area (Å²) < 4.78 is 4.79. The number of aromatic nitrogens is 1. The summed E-state index contributed by atoms with van der Waals surface area (Å²) in [5, 5.41) is 11.0. The van der Waals surface area contributed by atoms with Crippen LogP contribution in [-0.4, -0.2) is 23.7 Å². The number of amides is 3. The number of rotatable bonds is 6. The van der Waals surface area contributed by atoms with Gasteiger partial charge in [0.2, 0.25) is 0 Å². The van der Waals surface area contributed by atoms with Gasteiger partial charge in [0.05, 0.1) is 23.9 Å². The van der Waals surface area contributed by atoms with E-state index in [0.717, 1.165) is 17.1 Å². The fraction of sp³-hybridized carbons (Fsp3) is 0.312. The molecular weight excluding hydrogens is 328 g/mol. The minimum Gasteiger partial charge on any atom is -0.450 e. The standard InChI is InChI=1S/C16H20N4O3S/c1-3-14-18-13(10-24-14)9-17-15(21)19-11-5-7-12(8-6-11)20-16(22)23-4-2/h5-8,10H,3-4,9H2,1-2H3,(H,20,22)(H2,17,19,21). The third-order valence-corrected chi connectivity index (χ3v) is 4.04. The van der Waals surface area contributed by atoms with Gasteiger partial charge < -0.3 is 15.4 Å². The number of aryl methyl sites for hydroxylation is 1. The van der Waals surface area contributed by atoms with Crippen LogP contribution in [0.25, 0.3) is 0 Å². The Bertz CT molecular complexity index is 685. The molecule has 128 valence electrons. The first kappa shape index (κ1) is 17.7. The molecule has 1 heterocycles. The van der Waals surface area contributed by atoms with Crippen LogP contribution in [0.2, 0.25) is 0 Å². The summed E-state index contributed by atoms with van der Waals surface area (Å²) in [6.45, 7) is 4.47. The molecule has 0 aliphatic heterocycles. The van der Waals surface area contributed by atoms with E-state index in [0.29, 0.717) is 24.5 Å². The van der Waals surface area contributed by atoms with Crippen molar-refractivity contribution >= 4 is 34.8 Å². The first-order chi connectivity index (χ1) is 11.6. The van der Waals surface area contributed by atoms with E-state index in [1.807, 2.05) is 12.3 Å². The monoisotopic (exact) mass is 348 g/mol. The van der Waals surface area contributed by atoms with Crippen molar-refractivity contribution in [3.63, 3.8) is 0 Å². The van der Waals surface area contributed by atoms with E-state index in [-0.39, 0.29) is 6.03 Å². The maximum Gasteiger partial charge on any atom is 0.411 e. The number of hydrogen-bond acceptors (Lipinski definition) is 5. The second-order valence-corrected chi connectivity index (χ2v) is 5.76. The van der Waals surface area contributed by atoms with Crippen LogP contribution in [0, 0.1) is 0 Å². The Morgan fingerprint density at radius 1 is 1.12 bits per heavy atom. The minimum absolute atomic E-state index is 0.310. The number of thiazole rings is 1. The van der Waals surface area contributed by atoms with E-state index in [9.17, 15) is 9.59 Å². The Morgan fingerprint density at radius 3 is 2.38 bits per heavy atom. The van der Waals surface area contributed by atoms with Crippen LogP contribution >= 0.6 is 11.3 Å². The van der Waals surface area contributed by atoms with Crippen molar-refractivity contribution in [2.75, 3.05) is 17.2 Å². The average molecular weight is 348 g/mol. The summed E-state index contributed by atoms with van der Waals surface area (Å²) in [6.07, 6.45) is 0.383. The quantitative estimate of drug-likeness (QED) is 0.744. The van der Waals surface area contributed by atoms with Gasteiger partial charge in [-0.2, -0.15) is 0 Å². The van der Waals surface area contributed by atoms with Crippen molar-refractivity contribution in [1.29, 1.82) is 0 Å². The van der Waals surface area contributed by atoms with Crippen LogP contribution in [0.5, 0.6) is 0 Å². The van der Waals surface area contributed by atoms with Crippen LogP contribution < -0.4 is 16.0 Å². The van der Waals surface area contributed by atoms with Gasteiger partial charge >= 0.3 is 12.1 Å². The van der Waals surface area contributed by atoms with Crippen LogP contribution in [-0.2, 0) is 17.7 Å². The molecule has 8 heteroatoms. The molecule has 0 unspecified atom stereocenters. The van der Waals surface area contributed by atoms with Crippen molar-refractivity contribution in [3.8, 4) is 0 Å². The SMILES string of the molecule is CCOC(=O)Nc1ccc(NC(=O)NCc2csc(CC)n2)cc1. The van der Waals surface area contributed by atoms with Gasteiger partial charge in [-0.25, -0.2) is 14.6 Å². The maximum absolute atomic E-state index is 11.9. The molecule has 1 aromatic carbocycles. The van der Waals surface area contributed by atoms with Crippen molar-refractivity contribution in [2.45, 2.75) is 26.8 Å². The Morgan fingerprint density at radius 2 is 1.79 bits per heavy atom. The molecule has 1 aromatic heterocycles. The summed E-state index contributed by atoms with van der Waals surface area (Å²) in [4.78, 5) is 27.6. The molecule has 0 radical (unpaired) electrons. The molecule has 2 rings (SSSR count). The molecule has 2 aromatic rings. The molecule has 0 bridgehead atoms. The summed E-state index contributed by atoms with van der Waals surface area (Å²) in [5.41, 5.74) is 2.06. The average Bonchev–Trinajstić information content (AvgIpc) is 3.03. The van der Waals surface area contributed by atoms with E-state index in [2.05, 4.69) is 20.9 Å². The van der Waals surface area contributed by atoms with Gasteiger partial charge in [-0.05, 0) is 37.6 Å². The maximum atomic E-state index is 11.9. The molecule has 3 N–H and O–H groups in total. The van der Waals surface area contributed by atoms with Gasteiger partial charge in [0.25, 0.3) is 0 Å². The highest BCUT2D eigenvalue weighted by atomic mass is 32.1. The first-order valence-corrected chi connectivity index (χ1v) is 8.50. The highest BCUT2D eigenvalue weighted by molar-refractivity contribution is 7.09. The molecular formula is C16H20N4O3S. The zero-order valence-electron chi connectivity index (χ0n) is 13.6. The fourth-order valence-electron chi connectivity index (χ4n) is 1.86. The number of ether oxygens (including phenoxy) is 1. The molecule has 0 saturated heterocycles. The van der Waals surface area contributed by atoms with Crippen molar-refractivity contribution in [1.82, 2.24) is 10.3 Å². The Hall–Kier alpha value is -2.61. The van der Waals surface area contributed by atoms with Gasteiger partial charge in [0, 0.05) is 16.8 Å². The summed E-state index contributed by atoms with van der Waals surface area (Å²) in [7, 11) is 0. The van der Waals surface area contributed by atoms with Crippen LogP contribution in [0.15, 0.2) is 29.6 Å². The Balaban J connectivity index is 1.80. The van der Waals surface area contributed by atoms with E-state index < -0.39 is 6.09 Å². The first-order valence-electron chi connectivity index (χ1n) is 7.62. The molecule has 0 saturated carbocycles. The number of nitrogens with one attached hydrogen (secondary N) is 3. The van der Waals surface area contributed by atoms with Crippen molar-refractivity contribution in [2.24, 2.45) is 0 Å². The largest absolute Gasteiger partial charge is 0.450 e. The molecule has 0 fully saturated rings. The number of nitrogens with zero attached hydrogens (tertiary/aromatic N) is 1. The molecule has 0 aliphatic rings. The zero-order valence-corrected chi connectivity index (χ0v) is 14.4. The highest BCUT2D eigenvalue weighted by Gasteiger charge is 2.05. The second-order valence-electron chi connectivity index (χ2n) is 4.82. The Kier molecular flexibility index (Phi) is 6.56. The summed E-state index contributed by atoms with van der Waals surface area (Å²) in [6, 6.07) is 6.44. The summed E-state index contributed by atoms with van der Waals surface area (Å²) >= 11 is 1.59. The van der Waals surface area contributed by atoms with Gasteiger partial charge in [-0.1, -0.05) is 6.92 Å². The molecule has 24 heavy (non-hydrogen) atoms. The molecule has 0 aliphatic carbocycles. The number of anilines is 2. The molecule has 0 atom stereocenters. The Labute approximate surface area is 144 Å². The number of carbonyl (C=O) groups is 2. The lowest BCUT2D eigenvalue weighted by atomic mass is 10.3. The lowest BCUT2D eigenvalue weighted by Crippen LogP contribution is -2.28. The smallest absolute Gasteiger partial charge is 0.411 e. The van der Waals surface area contributed by atoms with Crippen LogP contribution in [0.3, 0.4) is 0 Å². The molecule has 3 amide bonds. The minimum atomic E-state index is -0.509. The van der Waals surface area contributed by atoms with Crippen LogP contribution in [0.4, 0.5) is 21.0 Å². The third kappa shape index (κ3) is 5.54. The summed E-state index contributed by atoms with van der Waals surface area (Å²) in [5.74, 6) is 0. The van der Waals surface area contributed by atoms with Gasteiger partial charge in [-0.3, -0.25) is 5.32 Å². The van der Waals surface area contributed by atoms with Gasteiger partial charge in [0.15, 0.2) is 0 Å². The zero-order chi connectivity index (χ0) is 17.4. The van der Waals surface area contributed by atoms with Crippen LogP contribution in [0.1, 0.15) is 24.5 Å². The number of carbonyl (C=O) groups excluding carboxylic acids is 2. The predicted octanol–water partition coefficient (Wildman–Crippen LogP) is 3.60. The van der Waals surface area contributed by atoms with Gasteiger partial charge in [0.1, 0.15) is 0 Å². The molecule has 0 spiro atoms. The lowest BCUT2D eigenvalue weighted by molar-refractivity contribution is 0.168. The van der Waals surface area contributed by atoms with Crippen molar-refractivity contribution in [3.05, 3.63) is 40.3 Å². The predicted molar refractivity (Wildman–Crippen MR) is 94.4 cm³/mol. The van der Waals surface area contributed by atoms with E-state index >= 15 is 0 Å². The van der Waals surface area contributed by atoms with E-state index in [4.69, 9.17) is 4.74 Å². The highest BCUT2D eigenvalue weighted by Crippen LogP contribution is 2.14. The fourth-order valence-corrected chi connectivity index (χ4v) is 2.61. The van der Waals surface area contributed by atoms with Gasteiger partial charge in [-0.15, -0.1) is 11.3 Å². The normalized spacial score (nSPS) is 10.1.